The highest BCUT2D eigenvalue weighted by molar-refractivity contribution is 14.1. The second-order valence-electron chi connectivity index (χ2n) is 3.68. The zero-order valence-electron chi connectivity index (χ0n) is 8.61. The number of allylic oxidation sites excluding steroid dienone is 3. The molecule has 2 rings (SSSR count). The van der Waals surface area contributed by atoms with E-state index in [-0.39, 0.29) is 9.83 Å². The lowest BCUT2D eigenvalue weighted by atomic mass is 10.2. The van der Waals surface area contributed by atoms with Gasteiger partial charge in [-0.05, 0) is 18.6 Å². The van der Waals surface area contributed by atoms with E-state index >= 15 is 0 Å². The molecule has 2 heterocycles. The minimum absolute atomic E-state index is 0.0619. The van der Waals surface area contributed by atoms with Crippen molar-refractivity contribution in [3.63, 3.8) is 0 Å². The number of rotatable bonds is 0. The fraction of sp³-hybridized carbons (Fsp3) is 0.364. The molecule has 1 amide bonds. The SMILES string of the molecule is C=C1C=CC=C2N(C)C(=O)C(I)CCN12. The zero-order chi connectivity index (χ0) is 11.0. The van der Waals surface area contributed by atoms with Crippen LogP contribution in [0, 0.1) is 0 Å². The molecule has 1 unspecified atom stereocenters. The smallest absolute Gasteiger partial charge is 0.240 e. The van der Waals surface area contributed by atoms with Gasteiger partial charge in [-0.1, -0.05) is 35.2 Å². The summed E-state index contributed by atoms with van der Waals surface area (Å²) in [5, 5.41) is 0. The second kappa shape index (κ2) is 4.00. The molecule has 0 N–H and O–H groups in total. The summed E-state index contributed by atoms with van der Waals surface area (Å²) in [4.78, 5) is 15.7. The van der Waals surface area contributed by atoms with Gasteiger partial charge in [0, 0.05) is 19.3 Å². The van der Waals surface area contributed by atoms with E-state index in [0.29, 0.717) is 0 Å². The fourth-order valence-corrected chi connectivity index (χ4v) is 2.51. The summed E-state index contributed by atoms with van der Waals surface area (Å²) in [6, 6.07) is 0. The molecule has 0 spiro atoms. The van der Waals surface area contributed by atoms with Crippen LogP contribution in [0.15, 0.2) is 36.3 Å². The van der Waals surface area contributed by atoms with Crippen molar-refractivity contribution in [3.8, 4) is 0 Å². The molecule has 0 aromatic heterocycles. The Morgan fingerprint density at radius 2 is 2.33 bits per heavy atom. The Kier molecular flexibility index (Phi) is 2.86. The van der Waals surface area contributed by atoms with Crippen molar-refractivity contribution < 1.29 is 4.79 Å². The number of halogens is 1. The predicted molar refractivity (Wildman–Crippen MR) is 68.3 cm³/mol. The Bertz CT molecular complexity index is 373. The fourth-order valence-electron chi connectivity index (χ4n) is 1.81. The third-order valence-corrected chi connectivity index (χ3v) is 3.86. The van der Waals surface area contributed by atoms with Crippen LogP contribution in [0.1, 0.15) is 6.42 Å². The molecule has 0 aliphatic carbocycles. The van der Waals surface area contributed by atoms with Gasteiger partial charge in [0.25, 0.3) is 0 Å². The largest absolute Gasteiger partial charge is 0.328 e. The van der Waals surface area contributed by atoms with Crippen LogP contribution < -0.4 is 0 Å². The van der Waals surface area contributed by atoms with E-state index in [1.807, 2.05) is 25.3 Å². The molecule has 1 saturated heterocycles. The molecule has 15 heavy (non-hydrogen) atoms. The number of fused-ring (bicyclic) bond motifs is 1. The van der Waals surface area contributed by atoms with Crippen LogP contribution in [0.2, 0.25) is 0 Å². The first-order chi connectivity index (χ1) is 7.11. The van der Waals surface area contributed by atoms with E-state index in [1.54, 1.807) is 4.90 Å². The number of hydrogen-bond donors (Lipinski definition) is 0. The zero-order valence-corrected chi connectivity index (χ0v) is 10.8. The normalized spacial score (nSPS) is 26.3. The van der Waals surface area contributed by atoms with E-state index in [0.717, 1.165) is 24.5 Å². The molecule has 3 nitrogen and oxygen atoms in total. The van der Waals surface area contributed by atoms with E-state index in [9.17, 15) is 4.79 Å². The summed E-state index contributed by atoms with van der Waals surface area (Å²) in [5.41, 5.74) is 0.956. The summed E-state index contributed by atoms with van der Waals surface area (Å²) < 4.78 is 0.0619. The molecule has 2 aliphatic rings. The van der Waals surface area contributed by atoms with E-state index < -0.39 is 0 Å². The highest BCUT2D eigenvalue weighted by Crippen LogP contribution is 2.27. The van der Waals surface area contributed by atoms with Gasteiger partial charge in [-0.25, -0.2) is 0 Å². The van der Waals surface area contributed by atoms with Gasteiger partial charge < -0.3 is 9.80 Å². The molecule has 0 aromatic carbocycles. The Morgan fingerprint density at radius 1 is 1.60 bits per heavy atom. The predicted octanol–water partition coefficient (Wildman–Crippen LogP) is 1.88. The van der Waals surface area contributed by atoms with Crippen molar-refractivity contribution in [2.45, 2.75) is 10.3 Å². The summed E-state index contributed by atoms with van der Waals surface area (Å²) in [6.45, 7) is 4.84. The van der Waals surface area contributed by atoms with E-state index in [1.165, 1.54) is 0 Å². The van der Waals surface area contributed by atoms with Crippen LogP contribution in [0.5, 0.6) is 0 Å². The molecule has 80 valence electrons. The lowest BCUT2D eigenvalue weighted by Crippen LogP contribution is -2.35. The van der Waals surface area contributed by atoms with Crippen molar-refractivity contribution in [1.29, 1.82) is 0 Å². The molecular formula is C11H13IN2O. The van der Waals surface area contributed by atoms with Crippen LogP contribution >= 0.6 is 22.6 Å². The highest BCUT2D eigenvalue weighted by atomic mass is 127. The molecule has 0 bridgehead atoms. The summed E-state index contributed by atoms with van der Waals surface area (Å²) >= 11 is 2.21. The quantitative estimate of drug-likeness (QED) is 0.503. The molecule has 1 atom stereocenters. The number of amides is 1. The van der Waals surface area contributed by atoms with Gasteiger partial charge in [0.1, 0.15) is 5.82 Å². The first kappa shape index (κ1) is 10.7. The topological polar surface area (TPSA) is 23.6 Å². The van der Waals surface area contributed by atoms with Crippen molar-refractivity contribution in [2.75, 3.05) is 13.6 Å². The van der Waals surface area contributed by atoms with Gasteiger partial charge in [0.05, 0.1) is 3.92 Å². The molecule has 0 saturated carbocycles. The Hall–Kier alpha value is -0.780. The van der Waals surface area contributed by atoms with E-state index in [4.69, 9.17) is 0 Å². The second-order valence-corrected chi connectivity index (χ2v) is 5.18. The first-order valence-corrected chi connectivity index (χ1v) is 6.12. The number of carbonyl (C=O) groups is 1. The van der Waals surface area contributed by atoms with Crippen molar-refractivity contribution >= 4 is 28.5 Å². The summed E-state index contributed by atoms with van der Waals surface area (Å²) in [6.07, 6.45) is 6.73. The van der Waals surface area contributed by atoms with Crippen LogP contribution in [0.4, 0.5) is 0 Å². The molecule has 1 fully saturated rings. The van der Waals surface area contributed by atoms with E-state index in [2.05, 4.69) is 34.1 Å². The van der Waals surface area contributed by atoms with Gasteiger partial charge in [-0.2, -0.15) is 0 Å². The highest BCUT2D eigenvalue weighted by Gasteiger charge is 2.30. The average Bonchev–Trinajstić information content (AvgIpc) is 2.33. The third kappa shape index (κ3) is 1.82. The maximum atomic E-state index is 11.9. The van der Waals surface area contributed by atoms with Crippen molar-refractivity contribution in [1.82, 2.24) is 9.80 Å². The van der Waals surface area contributed by atoms with Crippen LogP contribution in [0.3, 0.4) is 0 Å². The Morgan fingerprint density at radius 3 is 3.07 bits per heavy atom. The Labute approximate surface area is 103 Å². The van der Waals surface area contributed by atoms with Gasteiger partial charge in [0.2, 0.25) is 5.91 Å². The lowest BCUT2D eigenvalue weighted by molar-refractivity contribution is -0.127. The van der Waals surface area contributed by atoms with Crippen LogP contribution in [0.25, 0.3) is 0 Å². The molecule has 0 aromatic rings. The summed E-state index contributed by atoms with van der Waals surface area (Å²) in [7, 11) is 1.82. The van der Waals surface area contributed by atoms with Crippen molar-refractivity contribution in [3.05, 3.63) is 36.3 Å². The van der Waals surface area contributed by atoms with Crippen molar-refractivity contribution in [2.24, 2.45) is 0 Å². The van der Waals surface area contributed by atoms with Gasteiger partial charge in [-0.3, -0.25) is 4.79 Å². The lowest BCUT2D eigenvalue weighted by Gasteiger charge is -2.31. The number of alkyl halides is 1. The summed E-state index contributed by atoms with van der Waals surface area (Å²) in [5.74, 6) is 1.11. The minimum Gasteiger partial charge on any atom is -0.328 e. The average molecular weight is 316 g/mol. The molecule has 0 radical (unpaired) electrons. The first-order valence-electron chi connectivity index (χ1n) is 4.87. The molecular weight excluding hydrogens is 303 g/mol. The monoisotopic (exact) mass is 316 g/mol. The van der Waals surface area contributed by atoms with Gasteiger partial charge in [0.15, 0.2) is 0 Å². The van der Waals surface area contributed by atoms with Gasteiger partial charge in [-0.15, -0.1) is 0 Å². The Balaban J connectivity index is 2.37. The standard InChI is InChI=1S/C11H13IN2O/c1-8-4-3-5-10-13(2)11(15)9(12)6-7-14(8)10/h3-5,9H,1,6-7H2,2H3. The molecule has 2 aliphatic heterocycles. The third-order valence-electron chi connectivity index (χ3n) is 2.71. The van der Waals surface area contributed by atoms with Crippen LogP contribution in [-0.2, 0) is 4.79 Å². The maximum Gasteiger partial charge on any atom is 0.240 e. The number of hydrogen-bond acceptors (Lipinski definition) is 2. The number of nitrogens with zero attached hydrogens (tertiary/aromatic N) is 2. The van der Waals surface area contributed by atoms with Gasteiger partial charge >= 0.3 is 0 Å². The number of carbonyl (C=O) groups excluding carboxylic acids is 1. The molecule has 4 heteroatoms. The maximum absolute atomic E-state index is 11.9. The minimum atomic E-state index is 0.0619. The van der Waals surface area contributed by atoms with Crippen LogP contribution in [-0.4, -0.2) is 33.2 Å².